The summed E-state index contributed by atoms with van der Waals surface area (Å²) in [5, 5.41) is 11.7. The fraction of sp³-hybridized carbons (Fsp3) is 0.182. The first kappa shape index (κ1) is 11.1. The minimum Gasteiger partial charge on any atom is -0.478 e. The van der Waals surface area contributed by atoms with E-state index < -0.39 is 5.97 Å². The van der Waals surface area contributed by atoms with Crippen LogP contribution in [0.5, 0.6) is 0 Å². The van der Waals surface area contributed by atoms with Crippen LogP contribution in [-0.4, -0.2) is 21.0 Å². The Kier molecular flexibility index (Phi) is 3.04. The molecule has 0 aliphatic heterocycles. The first-order valence-electron chi connectivity index (χ1n) is 4.99. The van der Waals surface area contributed by atoms with E-state index >= 15 is 0 Å². The molecule has 2 aromatic heterocycles. The molecule has 0 radical (unpaired) electrons. The lowest BCUT2D eigenvalue weighted by Crippen LogP contribution is -2.03. The Morgan fingerprint density at radius 1 is 1.41 bits per heavy atom. The number of aromatic carboxylic acids is 1. The number of nitrogens with one attached hydrogen (secondary N) is 1. The summed E-state index contributed by atoms with van der Waals surface area (Å²) in [4.78, 5) is 18.6. The second-order valence-corrected chi connectivity index (χ2v) is 3.46. The molecule has 6 nitrogen and oxygen atoms in total. The van der Waals surface area contributed by atoms with Crippen molar-refractivity contribution in [1.82, 2.24) is 9.97 Å². The molecule has 0 saturated carbocycles. The largest absolute Gasteiger partial charge is 0.478 e. The average Bonchev–Trinajstić information content (AvgIpc) is 2.73. The van der Waals surface area contributed by atoms with Gasteiger partial charge in [-0.1, -0.05) is 0 Å². The fourth-order valence-corrected chi connectivity index (χ4v) is 1.27. The number of hydrogen-bond acceptors (Lipinski definition) is 5. The van der Waals surface area contributed by atoms with Crippen molar-refractivity contribution in [3.63, 3.8) is 0 Å². The second-order valence-electron chi connectivity index (χ2n) is 3.46. The molecule has 2 rings (SSSR count). The molecule has 0 fully saturated rings. The number of nitrogens with zero attached hydrogens (tertiary/aromatic N) is 2. The molecular weight excluding hydrogens is 222 g/mol. The summed E-state index contributed by atoms with van der Waals surface area (Å²) in [6.45, 7) is 2.23. The number of hydrogen-bond donors (Lipinski definition) is 2. The summed E-state index contributed by atoms with van der Waals surface area (Å²) in [6, 6.07) is 3.08. The van der Waals surface area contributed by atoms with Crippen LogP contribution < -0.4 is 5.32 Å². The number of aromatic nitrogens is 2. The molecule has 0 bridgehead atoms. The van der Waals surface area contributed by atoms with E-state index in [1.165, 1.54) is 12.3 Å². The van der Waals surface area contributed by atoms with Gasteiger partial charge < -0.3 is 14.8 Å². The molecule has 2 N–H and O–H groups in total. The predicted octanol–water partition coefficient (Wildman–Crippen LogP) is 1.69. The van der Waals surface area contributed by atoms with E-state index in [1.54, 1.807) is 12.3 Å². The predicted molar refractivity (Wildman–Crippen MR) is 59.8 cm³/mol. The number of rotatable bonds is 4. The van der Waals surface area contributed by atoms with Crippen LogP contribution in [0.3, 0.4) is 0 Å². The summed E-state index contributed by atoms with van der Waals surface area (Å²) in [5.41, 5.74) is 0.155. The topological polar surface area (TPSA) is 88.2 Å². The van der Waals surface area contributed by atoms with Crippen molar-refractivity contribution in [1.29, 1.82) is 0 Å². The first-order valence-corrected chi connectivity index (χ1v) is 4.99. The lowest BCUT2D eigenvalue weighted by Gasteiger charge is -2.02. The Morgan fingerprint density at radius 3 is 2.76 bits per heavy atom. The number of pyridine rings is 1. The molecule has 2 heterocycles. The highest BCUT2D eigenvalue weighted by Crippen LogP contribution is 2.08. The van der Waals surface area contributed by atoms with Gasteiger partial charge >= 0.3 is 5.97 Å². The zero-order chi connectivity index (χ0) is 12.3. The van der Waals surface area contributed by atoms with Gasteiger partial charge in [-0.2, -0.15) is 0 Å². The Bertz CT molecular complexity index is 519. The molecule has 0 aromatic carbocycles. The van der Waals surface area contributed by atoms with E-state index in [-0.39, 0.29) is 5.56 Å². The fourth-order valence-electron chi connectivity index (χ4n) is 1.27. The molecule has 0 aliphatic carbocycles. The summed E-state index contributed by atoms with van der Waals surface area (Å²) in [6.07, 6.45) is 2.93. The van der Waals surface area contributed by atoms with Crippen molar-refractivity contribution in [2.45, 2.75) is 13.5 Å². The van der Waals surface area contributed by atoms with Gasteiger partial charge in [-0.05, 0) is 19.1 Å². The van der Waals surface area contributed by atoms with Gasteiger partial charge in [-0.15, -0.1) is 0 Å². The molecule has 17 heavy (non-hydrogen) atoms. The molecule has 0 amide bonds. The quantitative estimate of drug-likeness (QED) is 0.835. The third-order valence-corrected chi connectivity index (χ3v) is 2.10. The van der Waals surface area contributed by atoms with Crippen LogP contribution in [0.1, 0.15) is 22.0 Å². The van der Waals surface area contributed by atoms with Gasteiger partial charge in [0, 0.05) is 6.20 Å². The van der Waals surface area contributed by atoms with Crippen molar-refractivity contribution in [2.24, 2.45) is 0 Å². The van der Waals surface area contributed by atoms with Crippen molar-refractivity contribution in [3.8, 4) is 0 Å². The normalized spacial score (nSPS) is 10.2. The zero-order valence-corrected chi connectivity index (χ0v) is 9.17. The van der Waals surface area contributed by atoms with Crippen LogP contribution in [0.4, 0.5) is 5.82 Å². The SMILES string of the molecule is Cc1cnc(CNc2ccc(C(=O)O)cn2)o1. The van der Waals surface area contributed by atoms with Crippen LogP contribution in [-0.2, 0) is 6.54 Å². The monoisotopic (exact) mass is 233 g/mol. The minimum atomic E-state index is -0.993. The van der Waals surface area contributed by atoms with E-state index in [4.69, 9.17) is 9.52 Å². The van der Waals surface area contributed by atoms with Crippen LogP contribution in [0.2, 0.25) is 0 Å². The molecule has 6 heteroatoms. The molecule has 0 aliphatic rings. The van der Waals surface area contributed by atoms with Crippen molar-refractivity contribution < 1.29 is 14.3 Å². The molecule has 0 spiro atoms. The number of aryl methyl sites for hydroxylation is 1. The third kappa shape index (κ3) is 2.81. The van der Waals surface area contributed by atoms with Crippen LogP contribution >= 0.6 is 0 Å². The van der Waals surface area contributed by atoms with Gasteiger partial charge in [0.2, 0.25) is 5.89 Å². The van der Waals surface area contributed by atoms with Crippen molar-refractivity contribution >= 4 is 11.8 Å². The van der Waals surface area contributed by atoms with Gasteiger partial charge in [0.1, 0.15) is 11.6 Å². The number of carboxylic acid groups (broad SMARTS) is 1. The Hall–Kier alpha value is -2.37. The molecule has 88 valence electrons. The molecular formula is C11H11N3O3. The smallest absolute Gasteiger partial charge is 0.337 e. The third-order valence-electron chi connectivity index (χ3n) is 2.10. The van der Waals surface area contributed by atoms with Gasteiger partial charge in [-0.25, -0.2) is 14.8 Å². The molecule has 2 aromatic rings. The molecule has 0 atom stereocenters. The maximum Gasteiger partial charge on any atom is 0.337 e. The maximum atomic E-state index is 10.6. The Morgan fingerprint density at radius 2 is 2.24 bits per heavy atom. The highest BCUT2D eigenvalue weighted by Gasteiger charge is 2.04. The van der Waals surface area contributed by atoms with Crippen molar-refractivity contribution in [2.75, 3.05) is 5.32 Å². The zero-order valence-electron chi connectivity index (χ0n) is 9.17. The van der Waals surface area contributed by atoms with E-state index in [0.717, 1.165) is 5.76 Å². The van der Waals surface area contributed by atoms with Crippen molar-refractivity contribution in [3.05, 3.63) is 41.7 Å². The van der Waals surface area contributed by atoms with E-state index in [2.05, 4.69) is 15.3 Å². The summed E-state index contributed by atoms with van der Waals surface area (Å²) < 4.78 is 5.27. The highest BCUT2D eigenvalue weighted by molar-refractivity contribution is 5.87. The van der Waals surface area contributed by atoms with Gasteiger partial charge in [0.15, 0.2) is 0 Å². The summed E-state index contributed by atoms with van der Waals surface area (Å²) >= 11 is 0. The minimum absolute atomic E-state index is 0.155. The second kappa shape index (κ2) is 4.65. The van der Waals surface area contributed by atoms with Gasteiger partial charge in [0.05, 0.1) is 18.3 Å². The van der Waals surface area contributed by atoms with Gasteiger partial charge in [0.25, 0.3) is 0 Å². The average molecular weight is 233 g/mol. The Balaban J connectivity index is 1.97. The highest BCUT2D eigenvalue weighted by atomic mass is 16.4. The molecule has 0 saturated heterocycles. The van der Waals surface area contributed by atoms with Crippen LogP contribution in [0.15, 0.2) is 28.9 Å². The number of anilines is 1. The maximum absolute atomic E-state index is 10.6. The Labute approximate surface area is 97.3 Å². The van der Waals surface area contributed by atoms with Gasteiger partial charge in [-0.3, -0.25) is 0 Å². The number of carboxylic acids is 1. The van der Waals surface area contributed by atoms with E-state index in [9.17, 15) is 4.79 Å². The molecule has 0 unspecified atom stereocenters. The van der Waals surface area contributed by atoms with E-state index in [1.807, 2.05) is 6.92 Å². The summed E-state index contributed by atoms with van der Waals surface area (Å²) in [7, 11) is 0. The lowest BCUT2D eigenvalue weighted by atomic mass is 10.3. The van der Waals surface area contributed by atoms with Crippen LogP contribution in [0.25, 0.3) is 0 Å². The standard InChI is InChI=1S/C11H11N3O3/c1-7-4-14-10(17-7)6-13-9-3-2-8(5-12-9)11(15)16/h2-5H,6H2,1H3,(H,12,13)(H,15,16). The summed E-state index contributed by atoms with van der Waals surface area (Å²) in [5.74, 6) is 0.890. The van der Waals surface area contributed by atoms with E-state index in [0.29, 0.717) is 18.3 Å². The first-order chi connectivity index (χ1) is 8.15. The lowest BCUT2D eigenvalue weighted by molar-refractivity contribution is 0.0696. The number of carbonyl (C=O) groups is 1. The number of oxazole rings is 1. The van der Waals surface area contributed by atoms with Crippen LogP contribution in [0, 0.1) is 6.92 Å².